The minimum atomic E-state index is -1.23. The van der Waals surface area contributed by atoms with E-state index in [1.165, 1.54) is 23.9 Å². The normalized spacial score (nSPS) is 16.9. The highest BCUT2D eigenvalue weighted by atomic mass is 16.5. The van der Waals surface area contributed by atoms with E-state index in [2.05, 4.69) is 0 Å². The molecule has 176 valence electrons. The topological polar surface area (TPSA) is 110 Å². The first-order chi connectivity index (χ1) is 14.7. The quantitative estimate of drug-likeness (QED) is 0.360. The average molecular weight is 447 g/mol. The zero-order valence-corrected chi connectivity index (χ0v) is 19.9. The Morgan fingerprint density at radius 3 is 2.22 bits per heavy atom. The zero-order chi connectivity index (χ0) is 24.4. The van der Waals surface area contributed by atoms with E-state index in [1.54, 1.807) is 33.2 Å². The standard InChI is InChI=1S/C23H34N4O5/c1-15-8-10-16(11-9-15)12-13-22(2,3)19(29)25(6)17(18(28)24-32)14-27-20(30)23(4,5)26(7)21(27)31/h8-11,17,32H,12-14H2,1-7H3,(H,24,28)/t17-/m1/s1. The molecule has 1 atom stereocenters. The summed E-state index contributed by atoms with van der Waals surface area (Å²) >= 11 is 0. The lowest BCUT2D eigenvalue weighted by atomic mass is 9.84. The van der Waals surface area contributed by atoms with E-state index < -0.39 is 34.8 Å². The van der Waals surface area contributed by atoms with Crippen LogP contribution in [0.2, 0.25) is 0 Å². The lowest BCUT2D eigenvalue weighted by Crippen LogP contribution is -2.56. The van der Waals surface area contributed by atoms with Crippen molar-refractivity contribution in [2.45, 2.75) is 59.0 Å². The molecule has 5 amide bonds. The predicted octanol–water partition coefficient (Wildman–Crippen LogP) is 1.96. The van der Waals surface area contributed by atoms with Crippen LogP contribution in [-0.2, 0) is 20.8 Å². The number of imide groups is 1. The molecule has 0 saturated carbocycles. The molecule has 1 fully saturated rings. The Morgan fingerprint density at radius 1 is 1.19 bits per heavy atom. The van der Waals surface area contributed by atoms with Gasteiger partial charge in [0.2, 0.25) is 5.91 Å². The molecule has 9 nitrogen and oxygen atoms in total. The van der Waals surface area contributed by atoms with Crippen molar-refractivity contribution in [3.05, 3.63) is 35.4 Å². The molecule has 2 rings (SSSR count). The van der Waals surface area contributed by atoms with Gasteiger partial charge in [-0.3, -0.25) is 24.5 Å². The molecule has 1 aliphatic rings. The van der Waals surface area contributed by atoms with E-state index >= 15 is 0 Å². The van der Waals surface area contributed by atoms with Gasteiger partial charge >= 0.3 is 6.03 Å². The number of urea groups is 1. The number of carbonyl (C=O) groups is 4. The van der Waals surface area contributed by atoms with E-state index in [1.807, 2.05) is 31.2 Å². The minimum Gasteiger partial charge on any atom is -0.331 e. The van der Waals surface area contributed by atoms with Gasteiger partial charge in [0.15, 0.2) is 0 Å². The molecular weight excluding hydrogens is 412 g/mol. The van der Waals surface area contributed by atoms with E-state index in [-0.39, 0.29) is 12.5 Å². The van der Waals surface area contributed by atoms with Crippen molar-refractivity contribution in [3.8, 4) is 0 Å². The summed E-state index contributed by atoms with van der Waals surface area (Å²) in [7, 11) is 2.94. The van der Waals surface area contributed by atoms with Crippen molar-refractivity contribution in [1.29, 1.82) is 0 Å². The molecule has 1 saturated heterocycles. The first-order valence-electron chi connectivity index (χ1n) is 10.6. The summed E-state index contributed by atoms with van der Waals surface area (Å²) in [4.78, 5) is 54.5. The van der Waals surface area contributed by atoms with Crippen LogP contribution in [0.15, 0.2) is 24.3 Å². The molecule has 0 unspecified atom stereocenters. The fraction of sp³-hybridized carbons (Fsp3) is 0.565. The summed E-state index contributed by atoms with van der Waals surface area (Å²) in [6.45, 7) is 8.45. The lowest BCUT2D eigenvalue weighted by Gasteiger charge is -2.35. The number of rotatable bonds is 8. The van der Waals surface area contributed by atoms with Crippen molar-refractivity contribution < 1.29 is 24.4 Å². The molecule has 0 radical (unpaired) electrons. The highest BCUT2D eigenvalue weighted by molar-refractivity contribution is 6.06. The van der Waals surface area contributed by atoms with Crippen LogP contribution in [0, 0.1) is 12.3 Å². The molecule has 2 N–H and O–H groups in total. The molecule has 1 aliphatic heterocycles. The SMILES string of the molecule is Cc1ccc(CCC(C)(C)C(=O)N(C)[C@H](CN2C(=O)N(C)C(C)(C)C2=O)C(=O)NO)cc1. The molecule has 32 heavy (non-hydrogen) atoms. The third-order valence-corrected chi connectivity index (χ3v) is 6.42. The fourth-order valence-electron chi connectivity index (χ4n) is 3.71. The lowest BCUT2D eigenvalue weighted by molar-refractivity contribution is -0.150. The second kappa shape index (κ2) is 9.28. The summed E-state index contributed by atoms with van der Waals surface area (Å²) < 4.78 is 0. The molecule has 1 aromatic carbocycles. The number of hydrogen-bond acceptors (Lipinski definition) is 5. The summed E-state index contributed by atoms with van der Waals surface area (Å²) in [6, 6.07) is 6.27. The number of benzene rings is 1. The Kier molecular flexibility index (Phi) is 7.34. The molecular formula is C23H34N4O5. The molecule has 0 spiro atoms. The monoisotopic (exact) mass is 446 g/mol. The van der Waals surface area contributed by atoms with Crippen LogP contribution in [0.3, 0.4) is 0 Å². The summed E-state index contributed by atoms with van der Waals surface area (Å²) in [6.07, 6.45) is 1.20. The second-order valence-corrected chi connectivity index (χ2v) is 9.59. The van der Waals surface area contributed by atoms with E-state index in [9.17, 15) is 24.4 Å². The van der Waals surface area contributed by atoms with Gasteiger partial charge in [0.25, 0.3) is 11.8 Å². The number of aryl methyl sites for hydroxylation is 2. The van der Waals surface area contributed by atoms with Crippen LogP contribution < -0.4 is 5.48 Å². The maximum absolute atomic E-state index is 13.3. The Labute approximate surface area is 189 Å². The second-order valence-electron chi connectivity index (χ2n) is 9.59. The Morgan fingerprint density at radius 2 is 1.75 bits per heavy atom. The summed E-state index contributed by atoms with van der Waals surface area (Å²) in [5, 5.41) is 9.24. The van der Waals surface area contributed by atoms with E-state index in [0.717, 1.165) is 16.0 Å². The van der Waals surface area contributed by atoms with Crippen molar-refractivity contribution >= 4 is 23.8 Å². The number of hydrogen-bond donors (Lipinski definition) is 2. The third kappa shape index (κ3) is 4.93. The number of nitrogens with one attached hydrogen (secondary N) is 1. The van der Waals surface area contributed by atoms with Crippen LogP contribution in [-0.4, -0.2) is 75.9 Å². The van der Waals surface area contributed by atoms with Crippen molar-refractivity contribution in [1.82, 2.24) is 20.2 Å². The molecule has 0 aromatic heterocycles. The third-order valence-electron chi connectivity index (χ3n) is 6.42. The first kappa shape index (κ1) is 25.3. The van der Waals surface area contributed by atoms with Gasteiger partial charge in [0.05, 0.1) is 6.54 Å². The largest absolute Gasteiger partial charge is 0.331 e. The van der Waals surface area contributed by atoms with Gasteiger partial charge < -0.3 is 9.80 Å². The van der Waals surface area contributed by atoms with Gasteiger partial charge in [-0.15, -0.1) is 0 Å². The Bertz CT molecular complexity index is 894. The van der Waals surface area contributed by atoms with E-state index in [4.69, 9.17) is 0 Å². The predicted molar refractivity (Wildman–Crippen MR) is 119 cm³/mol. The van der Waals surface area contributed by atoms with Gasteiger partial charge in [-0.1, -0.05) is 43.7 Å². The summed E-state index contributed by atoms with van der Waals surface area (Å²) in [5.74, 6) is -1.67. The molecule has 1 heterocycles. The molecule has 0 bridgehead atoms. The van der Waals surface area contributed by atoms with Crippen molar-refractivity contribution in [3.63, 3.8) is 0 Å². The average Bonchev–Trinajstić information content (AvgIpc) is 2.89. The maximum atomic E-state index is 13.3. The van der Waals surface area contributed by atoms with Crippen LogP contribution in [0.1, 0.15) is 45.2 Å². The van der Waals surface area contributed by atoms with Crippen LogP contribution in [0.4, 0.5) is 4.79 Å². The van der Waals surface area contributed by atoms with Gasteiger partial charge in [-0.2, -0.15) is 0 Å². The zero-order valence-electron chi connectivity index (χ0n) is 19.9. The van der Waals surface area contributed by atoms with Gasteiger partial charge in [0, 0.05) is 19.5 Å². The summed E-state index contributed by atoms with van der Waals surface area (Å²) in [5.41, 5.74) is 1.93. The smallest absolute Gasteiger partial charge is 0.327 e. The van der Waals surface area contributed by atoms with Crippen LogP contribution in [0.5, 0.6) is 0 Å². The first-order valence-corrected chi connectivity index (χ1v) is 10.6. The number of nitrogens with zero attached hydrogens (tertiary/aromatic N) is 3. The minimum absolute atomic E-state index is 0.329. The highest BCUT2D eigenvalue weighted by Gasteiger charge is 2.51. The fourth-order valence-corrected chi connectivity index (χ4v) is 3.71. The van der Waals surface area contributed by atoms with Gasteiger partial charge in [-0.05, 0) is 39.2 Å². The number of likely N-dealkylation sites (N-methyl/N-ethyl adjacent to an activating group) is 2. The maximum Gasteiger partial charge on any atom is 0.327 e. The number of hydroxylamine groups is 1. The highest BCUT2D eigenvalue weighted by Crippen LogP contribution is 2.29. The van der Waals surface area contributed by atoms with Crippen LogP contribution >= 0.6 is 0 Å². The molecule has 1 aromatic rings. The molecule has 0 aliphatic carbocycles. The molecule has 9 heteroatoms. The van der Waals surface area contributed by atoms with E-state index in [0.29, 0.717) is 12.8 Å². The van der Waals surface area contributed by atoms with Crippen molar-refractivity contribution in [2.75, 3.05) is 20.6 Å². The number of carbonyl (C=O) groups excluding carboxylic acids is 4. The Hall–Kier alpha value is -2.94. The van der Waals surface area contributed by atoms with Gasteiger partial charge in [-0.25, -0.2) is 10.3 Å². The van der Waals surface area contributed by atoms with Gasteiger partial charge in [0.1, 0.15) is 11.6 Å². The van der Waals surface area contributed by atoms with Crippen molar-refractivity contribution in [2.24, 2.45) is 5.41 Å². The Balaban J connectivity index is 2.18. The number of amides is 5. The van der Waals surface area contributed by atoms with Crippen LogP contribution in [0.25, 0.3) is 0 Å².